The third-order valence-corrected chi connectivity index (χ3v) is 7.90. The molecule has 0 radical (unpaired) electrons. The highest BCUT2D eigenvalue weighted by atomic mass is 32.2. The number of rotatable bonds is 7. The van der Waals surface area contributed by atoms with E-state index in [2.05, 4.69) is 31.7 Å². The van der Waals surface area contributed by atoms with Crippen molar-refractivity contribution in [3.63, 3.8) is 0 Å². The molecule has 2 fully saturated rings. The number of benzene rings is 1. The van der Waals surface area contributed by atoms with Crippen LogP contribution in [-0.4, -0.2) is 36.8 Å². The fourth-order valence-corrected chi connectivity index (χ4v) is 5.94. The number of carbonyl (C=O) groups is 1. The van der Waals surface area contributed by atoms with Gasteiger partial charge in [-0.15, -0.1) is 15.3 Å². The number of nitrogens with one attached hydrogen (secondary N) is 1. The molecule has 3 aromatic heterocycles. The lowest BCUT2D eigenvalue weighted by Gasteiger charge is -2.22. The number of anilines is 1. The zero-order valence-corrected chi connectivity index (χ0v) is 19.7. The molecule has 170 valence electrons. The summed E-state index contributed by atoms with van der Waals surface area (Å²) in [6, 6.07) is 9.81. The first-order valence-corrected chi connectivity index (χ1v) is 13.1. The zero-order chi connectivity index (χ0) is 22.2. The Morgan fingerprint density at radius 1 is 1.12 bits per heavy atom. The molecule has 10 heteroatoms. The lowest BCUT2D eigenvalue weighted by Crippen LogP contribution is -2.20. The third kappa shape index (κ3) is 4.81. The topological polar surface area (TPSA) is 94.3 Å². The van der Waals surface area contributed by atoms with Crippen LogP contribution in [0.5, 0.6) is 5.88 Å². The molecular formula is C23H24N6O2S2. The Hall–Kier alpha value is -2.72. The molecular weight excluding hydrogens is 456 g/mol. The van der Waals surface area contributed by atoms with Crippen molar-refractivity contribution in [3.8, 4) is 5.88 Å². The van der Waals surface area contributed by atoms with Gasteiger partial charge >= 0.3 is 0 Å². The van der Waals surface area contributed by atoms with Crippen LogP contribution in [0.3, 0.4) is 0 Å². The molecule has 0 aliphatic heterocycles. The third-order valence-electron chi connectivity index (χ3n) is 6.04. The van der Waals surface area contributed by atoms with E-state index in [-0.39, 0.29) is 12.0 Å². The molecule has 0 atom stereocenters. The number of hydrogen-bond donors (Lipinski definition) is 1. The molecule has 33 heavy (non-hydrogen) atoms. The Bertz CT molecular complexity index is 1310. The van der Waals surface area contributed by atoms with Gasteiger partial charge in [0.05, 0.1) is 10.2 Å². The average molecular weight is 481 g/mol. The Labute approximate surface area is 199 Å². The smallest absolute Gasteiger partial charge is 0.232 e. The first kappa shape index (κ1) is 20.9. The van der Waals surface area contributed by atoms with Crippen molar-refractivity contribution in [2.24, 2.45) is 5.92 Å². The molecule has 0 unspecified atom stereocenters. The summed E-state index contributed by atoms with van der Waals surface area (Å²) >= 11 is 2.99. The number of carbonyl (C=O) groups excluding carboxylic acids is 1. The summed E-state index contributed by atoms with van der Waals surface area (Å²) in [6.45, 7) is 0. The van der Waals surface area contributed by atoms with E-state index in [0.717, 1.165) is 40.8 Å². The van der Waals surface area contributed by atoms with Crippen molar-refractivity contribution >= 4 is 50.0 Å². The zero-order valence-electron chi connectivity index (χ0n) is 18.1. The van der Waals surface area contributed by atoms with E-state index in [1.54, 1.807) is 4.52 Å². The summed E-state index contributed by atoms with van der Waals surface area (Å²) in [7, 11) is 0. The summed E-state index contributed by atoms with van der Waals surface area (Å²) in [5.74, 6) is 1.22. The van der Waals surface area contributed by atoms with E-state index in [1.807, 2.05) is 24.3 Å². The van der Waals surface area contributed by atoms with Gasteiger partial charge in [-0.2, -0.15) is 4.52 Å². The van der Waals surface area contributed by atoms with Crippen molar-refractivity contribution < 1.29 is 9.53 Å². The van der Waals surface area contributed by atoms with Crippen LogP contribution in [0.2, 0.25) is 0 Å². The van der Waals surface area contributed by atoms with E-state index in [0.29, 0.717) is 34.2 Å². The monoisotopic (exact) mass is 480 g/mol. The van der Waals surface area contributed by atoms with Crippen LogP contribution in [-0.2, 0) is 4.79 Å². The number of nitrogens with zero attached hydrogens (tertiary/aromatic N) is 5. The second kappa shape index (κ2) is 8.90. The first-order valence-electron chi connectivity index (χ1n) is 11.5. The van der Waals surface area contributed by atoms with Crippen molar-refractivity contribution in [2.45, 2.75) is 67.5 Å². The fraction of sp³-hybridized carbons (Fsp3) is 0.435. The van der Waals surface area contributed by atoms with Gasteiger partial charge in [0.1, 0.15) is 6.10 Å². The molecule has 1 N–H and O–H groups in total. The van der Waals surface area contributed by atoms with Crippen LogP contribution >= 0.6 is 23.1 Å². The summed E-state index contributed by atoms with van der Waals surface area (Å²) in [6.07, 6.45) is 9.04. The lowest BCUT2D eigenvalue weighted by atomic mass is 9.98. The second-order valence-corrected chi connectivity index (χ2v) is 10.8. The van der Waals surface area contributed by atoms with Crippen LogP contribution < -0.4 is 10.1 Å². The highest BCUT2D eigenvalue weighted by Crippen LogP contribution is 2.35. The van der Waals surface area contributed by atoms with E-state index in [9.17, 15) is 4.79 Å². The van der Waals surface area contributed by atoms with Gasteiger partial charge in [-0.1, -0.05) is 17.8 Å². The molecule has 1 amide bonds. The minimum Gasteiger partial charge on any atom is -0.473 e. The van der Waals surface area contributed by atoms with E-state index in [1.165, 1.54) is 42.4 Å². The molecule has 2 aliphatic carbocycles. The SMILES string of the molecule is O=C(CC1CC1)Nc1nc2ccc(Sc3nnc4ccc(OC5CCCCC5)nn34)cc2s1. The molecule has 3 heterocycles. The molecule has 0 saturated heterocycles. The molecule has 0 spiro atoms. The summed E-state index contributed by atoms with van der Waals surface area (Å²) in [5, 5.41) is 17.5. The molecule has 4 aromatic rings. The van der Waals surface area contributed by atoms with Gasteiger partial charge in [0.15, 0.2) is 10.8 Å². The van der Waals surface area contributed by atoms with E-state index >= 15 is 0 Å². The molecule has 6 rings (SSSR count). The Morgan fingerprint density at radius 3 is 2.85 bits per heavy atom. The number of fused-ring (bicyclic) bond motifs is 2. The largest absolute Gasteiger partial charge is 0.473 e. The van der Waals surface area contributed by atoms with Crippen molar-refractivity contribution in [2.75, 3.05) is 5.32 Å². The first-order chi connectivity index (χ1) is 16.2. The quantitative estimate of drug-likeness (QED) is 0.382. The minimum atomic E-state index is 0.0541. The Morgan fingerprint density at radius 2 is 2.00 bits per heavy atom. The maximum Gasteiger partial charge on any atom is 0.232 e. The number of hydrogen-bond acceptors (Lipinski definition) is 8. The van der Waals surface area contributed by atoms with Crippen LogP contribution in [0.1, 0.15) is 51.4 Å². The van der Waals surface area contributed by atoms with Crippen molar-refractivity contribution in [1.82, 2.24) is 24.8 Å². The summed E-state index contributed by atoms with van der Waals surface area (Å²) < 4.78 is 8.88. The van der Waals surface area contributed by atoms with E-state index < -0.39 is 0 Å². The number of ether oxygens (including phenoxy) is 1. The van der Waals surface area contributed by atoms with Gasteiger partial charge in [-0.25, -0.2) is 4.98 Å². The normalized spacial score (nSPS) is 17.0. The van der Waals surface area contributed by atoms with Gasteiger partial charge in [-0.3, -0.25) is 4.79 Å². The molecule has 2 saturated carbocycles. The van der Waals surface area contributed by atoms with Gasteiger partial charge in [0, 0.05) is 17.4 Å². The standard InChI is InChI=1S/C23H24N6O2S2/c30-20(12-14-6-7-14)25-22-24-17-9-8-16(13-18(17)33-22)32-23-27-26-19-10-11-21(28-29(19)23)31-15-4-2-1-3-5-15/h8-11,13-15H,1-7,12H2,(H,24,25,30). The van der Waals surface area contributed by atoms with Crippen LogP contribution in [0.25, 0.3) is 15.9 Å². The van der Waals surface area contributed by atoms with Crippen molar-refractivity contribution in [1.29, 1.82) is 0 Å². The second-order valence-electron chi connectivity index (χ2n) is 8.75. The Balaban J connectivity index is 1.19. The molecule has 1 aromatic carbocycles. The predicted molar refractivity (Wildman–Crippen MR) is 128 cm³/mol. The Kier molecular flexibility index (Phi) is 5.63. The number of aromatic nitrogens is 5. The number of amides is 1. The van der Waals surface area contributed by atoms with Gasteiger partial charge in [0.25, 0.3) is 0 Å². The van der Waals surface area contributed by atoms with Crippen LogP contribution in [0.4, 0.5) is 5.13 Å². The van der Waals surface area contributed by atoms with Gasteiger partial charge < -0.3 is 10.1 Å². The average Bonchev–Trinajstić information content (AvgIpc) is 3.40. The minimum absolute atomic E-state index is 0.0541. The molecule has 2 aliphatic rings. The molecule has 8 nitrogen and oxygen atoms in total. The molecule has 0 bridgehead atoms. The van der Waals surface area contributed by atoms with Gasteiger partial charge in [0.2, 0.25) is 16.9 Å². The maximum absolute atomic E-state index is 12.1. The predicted octanol–water partition coefficient (Wildman–Crippen LogP) is 5.34. The number of thiazole rings is 1. The van der Waals surface area contributed by atoms with Crippen LogP contribution in [0.15, 0.2) is 40.4 Å². The maximum atomic E-state index is 12.1. The summed E-state index contributed by atoms with van der Waals surface area (Å²) in [5.41, 5.74) is 1.56. The van der Waals surface area contributed by atoms with E-state index in [4.69, 9.17) is 4.74 Å². The fourth-order valence-electron chi connectivity index (χ4n) is 4.11. The van der Waals surface area contributed by atoms with Gasteiger partial charge in [-0.05, 0) is 80.5 Å². The lowest BCUT2D eigenvalue weighted by molar-refractivity contribution is -0.116. The highest BCUT2D eigenvalue weighted by Gasteiger charge is 2.24. The highest BCUT2D eigenvalue weighted by molar-refractivity contribution is 7.99. The summed E-state index contributed by atoms with van der Waals surface area (Å²) in [4.78, 5) is 17.7. The van der Waals surface area contributed by atoms with Crippen LogP contribution in [0, 0.1) is 5.92 Å². The van der Waals surface area contributed by atoms with Crippen molar-refractivity contribution in [3.05, 3.63) is 30.3 Å².